The van der Waals surface area contributed by atoms with E-state index in [1.165, 1.54) is 0 Å². The molecule has 0 atom stereocenters. The van der Waals surface area contributed by atoms with Crippen LogP contribution in [0.15, 0.2) is 12.1 Å². The fourth-order valence-corrected chi connectivity index (χ4v) is 1.37. The first-order valence-corrected chi connectivity index (χ1v) is 5.10. The summed E-state index contributed by atoms with van der Waals surface area (Å²) in [5.74, 6) is -0.324. The topological polar surface area (TPSA) is 52.3 Å². The van der Waals surface area contributed by atoms with E-state index in [1.807, 2.05) is 32.9 Å². The maximum absolute atomic E-state index is 11.7. The van der Waals surface area contributed by atoms with Gasteiger partial charge in [0.15, 0.2) is 0 Å². The number of benzene rings is 1. The van der Waals surface area contributed by atoms with E-state index in [0.717, 1.165) is 17.5 Å². The second-order valence-electron chi connectivity index (χ2n) is 3.62. The van der Waals surface area contributed by atoms with Gasteiger partial charge in [0.2, 0.25) is 0 Å². The molecule has 0 amide bonds. The van der Waals surface area contributed by atoms with Crippen LogP contribution in [0.4, 0.5) is 5.69 Å². The molecule has 0 aliphatic rings. The summed E-state index contributed by atoms with van der Waals surface area (Å²) in [6.45, 7) is 6.13. The third kappa shape index (κ3) is 2.49. The smallest absolute Gasteiger partial charge is 0.340 e. The number of nitrogen functional groups attached to an aromatic ring is 1. The summed E-state index contributed by atoms with van der Waals surface area (Å²) in [6, 6.07) is 3.79. The zero-order valence-corrected chi connectivity index (χ0v) is 9.46. The Morgan fingerprint density at radius 2 is 1.93 bits per heavy atom. The van der Waals surface area contributed by atoms with Gasteiger partial charge in [0.25, 0.3) is 0 Å². The van der Waals surface area contributed by atoms with Crippen molar-refractivity contribution in [2.75, 3.05) is 12.3 Å². The van der Waals surface area contributed by atoms with E-state index >= 15 is 0 Å². The Labute approximate surface area is 90.2 Å². The van der Waals surface area contributed by atoms with Crippen molar-refractivity contribution in [3.8, 4) is 0 Å². The van der Waals surface area contributed by atoms with Gasteiger partial charge in [-0.05, 0) is 31.4 Å². The first kappa shape index (κ1) is 11.6. The molecule has 0 aromatic heterocycles. The molecule has 82 valence electrons. The lowest BCUT2D eigenvalue weighted by molar-refractivity contribution is 0.0505. The highest BCUT2D eigenvalue weighted by atomic mass is 16.5. The number of aryl methyl sites for hydroxylation is 2. The van der Waals surface area contributed by atoms with Crippen LogP contribution in [0, 0.1) is 13.8 Å². The maximum atomic E-state index is 11.7. The van der Waals surface area contributed by atoms with Crippen molar-refractivity contribution in [2.24, 2.45) is 0 Å². The van der Waals surface area contributed by atoms with Gasteiger partial charge in [-0.15, -0.1) is 0 Å². The van der Waals surface area contributed by atoms with Crippen molar-refractivity contribution in [3.05, 3.63) is 28.8 Å². The van der Waals surface area contributed by atoms with Crippen molar-refractivity contribution in [3.63, 3.8) is 0 Å². The lowest BCUT2D eigenvalue weighted by Crippen LogP contribution is -2.11. The minimum absolute atomic E-state index is 0.324. The molecule has 0 fully saturated rings. The molecule has 0 spiro atoms. The van der Waals surface area contributed by atoms with Gasteiger partial charge < -0.3 is 10.5 Å². The number of hydrogen-bond donors (Lipinski definition) is 1. The average Bonchev–Trinajstić information content (AvgIpc) is 2.21. The minimum atomic E-state index is -0.324. The Bertz CT molecular complexity index is 372. The van der Waals surface area contributed by atoms with Crippen LogP contribution in [0.5, 0.6) is 0 Å². The highest BCUT2D eigenvalue weighted by molar-refractivity contribution is 5.97. The Hall–Kier alpha value is -1.51. The SMILES string of the molecule is CCCOC(=O)c1c(C)ccc(C)c1N. The number of rotatable bonds is 3. The molecule has 15 heavy (non-hydrogen) atoms. The van der Waals surface area contributed by atoms with E-state index in [-0.39, 0.29) is 5.97 Å². The number of carbonyl (C=O) groups excluding carboxylic acids is 1. The summed E-state index contributed by atoms with van der Waals surface area (Å²) in [6.07, 6.45) is 0.816. The van der Waals surface area contributed by atoms with Crippen molar-refractivity contribution in [1.29, 1.82) is 0 Å². The standard InChI is InChI=1S/C12H17NO2/c1-4-7-15-12(14)10-8(2)5-6-9(3)11(10)13/h5-6H,4,7,13H2,1-3H3. The summed E-state index contributed by atoms with van der Waals surface area (Å²) in [5, 5.41) is 0. The normalized spacial score (nSPS) is 10.1. The second kappa shape index (κ2) is 4.82. The largest absolute Gasteiger partial charge is 0.462 e. The molecular weight excluding hydrogens is 190 g/mol. The van der Waals surface area contributed by atoms with Crippen LogP contribution in [0.1, 0.15) is 34.8 Å². The first-order chi connectivity index (χ1) is 7.07. The van der Waals surface area contributed by atoms with Gasteiger partial charge in [0.05, 0.1) is 12.2 Å². The number of hydrogen-bond acceptors (Lipinski definition) is 3. The van der Waals surface area contributed by atoms with Crippen molar-refractivity contribution in [2.45, 2.75) is 27.2 Å². The second-order valence-corrected chi connectivity index (χ2v) is 3.62. The minimum Gasteiger partial charge on any atom is -0.462 e. The molecular formula is C12H17NO2. The quantitative estimate of drug-likeness (QED) is 0.612. The zero-order valence-electron chi connectivity index (χ0n) is 9.46. The molecule has 0 aliphatic carbocycles. The Kier molecular flexibility index (Phi) is 3.72. The van der Waals surface area contributed by atoms with Crippen LogP contribution in [0.3, 0.4) is 0 Å². The molecule has 1 aromatic carbocycles. The number of anilines is 1. The van der Waals surface area contributed by atoms with Crippen molar-refractivity contribution in [1.82, 2.24) is 0 Å². The number of carbonyl (C=O) groups is 1. The van der Waals surface area contributed by atoms with Gasteiger partial charge >= 0.3 is 5.97 Å². The maximum Gasteiger partial charge on any atom is 0.340 e. The van der Waals surface area contributed by atoms with Gasteiger partial charge in [-0.3, -0.25) is 0 Å². The van der Waals surface area contributed by atoms with E-state index in [0.29, 0.717) is 17.9 Å². The van der Waals surface area contributed by atoms with Crippen LogP contribution in [0.2, 0.25) is 0 Å². The predicted octanol–water partition coefficient (Wildman–Crippen LogP) is 2.45. The number of nitrogens with two attached hydrogens (primary N) is 1. The molecule has 0 unspecified atom stereocenters. The van der Waals surface area contributed by atoms with Crippen LogP contribution in [-0.2, 0) is 4.74 Å². The molecule has 0 heterocycles. The van der Waals surface area contributed by atoms with Gasteiger partial charge in [-0.1, -0.05) is 19.1 Å². The lowest BCUT2D eigenvalue weighted by atomic mass is 10.0. The summed E-state index contributed by atoms with van der Waals surface area (Å²) in [7, 11) is 0. The molecule has 1 aromatic rings. The first-order valence-electron chi connectivity index (χ1n) is 5.10. The highest BCUT2D eigenvalue weighted by Gasteiger charge is 2.15. The molecule has 0 aliphatic heterocycles. The van der Waals surface area contributed by atoms with E-state index in [4.69, 9.17) is 10.5 Å². The van der Waals surface area contributed by atoms with Gasteiger partial charge in [-0.2, -0.15) is 0 Å². The van der Waals surface area contributed by atoms with E-state index in [1.54, 1.807) is 0 Å². The summed E-state index contributed by atoms with van der Waals surface area (Å²) in [5.41, 5.74) is 8.65. The number of esters is 1. The Morgan fingerprint density at radius 1 is 1.33 bits per heavy atom. The summed E-state index contributed by atoms with van der Waals surface area (Å²) < 4.78 is 5.07. The average molecular weight is 207 g/mol. The third-order valence-electron chi connectivity index (χ3n) is 2.31. The van der Waals surface area contributed by atoms with Crippen LogP contribution in [0.25, 0.3) is 0 Å². The van der Waals surface area contributed by atoms with E-state index < -0.39 is 0 Å². The molecule has 1 rings (SSSR count). The van der Waals surface area contributed by atoms with Gasteiger partial charge in [0, 0.05) is 5.69 Å². The third-order valence-corrected chi connectivity index (χ3v) is 2.31. The molecule has 0 saturated heterocycles. The fraction of sp³-hybridized carbons (Fsp3) is 0.417. The monoisotopic (exact) mass is 207 g/mol. The highest BCUT2D eigenvalue weighted by Crippen LogP contribution is 2.21. The molecule has 2 N–H and O–H groups in total. The predicted molar refractivity (Wildman–Crippen MR) is 60.9 cm³/mol. The van der Waals surface area contributed by atoms with E-state index in [2.05, 4.69) is 0 Å². The molecule has 3 heteroatoms. The summed E-state index contributed by atoms with van der Waals surface area (Å²) in [4.78, 5) is 11.7. The van der Waals surface area contributed by atoms with Crippen LogP contribution in [-0.4, -0.2) is 12.6 Å². The molecule has 0 bridgehead atoms. The lowest BCUT2D eigenvalue weighted by Gasteiger charge is -2.10. The van der Waals surface area contributed by atoms with Gasteiger partial charge in [0.1, 0.15) is 0 Å². The van der Waals surface area contributed by atoms with E-state index in [9.17, 15) is 4.79 Å². The Morgan fingerprint density at radius 3 is 2.53 bits per heavy atom. The number of ether oxygens (including phenoxy) is 1. The van der Waals surface area contributed by atoms with Gasteiger partial charge in [-0.25, -0.2) is 4.79 Å². The molecule has 0 radical (unpaired) electrons. The Balaban J connectivity index is 3.02. The zero-order chi connectivity index (χ0) is 11.4. The molecule has 3 nitrogen and oxygen atoms in total. The van der Waals surface area contributed by atoms with Crippen LogP contribution < -0.4 is 5.73 Å². The van der Waals surface area contributed by atoms with Crippen molar-refractivity contribution < 1.29 is 9.53 Å². The molecule has 0 saturated carbocycles. The summed E-state index contributed by atoms with van der Waals surface area (Å²) >= 11 is 0. The fourth-order valence-electron chi connectivity index (χ4n) is 1.37. The van der Waals surface area contributed by atoms with Crippen molar-refractivity contribution >= 4 is 11.7 Å². The van der Waals surface area contributed by atoms with Crippen LogP contribution >= 0.6 is 0 Å².